The maximum Gasteiger partial charge on any atom is 0.133 e. The number of benzene rings is 1. The third-order valence-electron chi connectivity index (χ3n) is 2.32. The van der Waals surface area contributed by atoms with Gasteiger partial charge in [-0.05, 0) is 46.1 Å². The molecule has 0 aliphatic carbocycles. The lowest BCUT2D eigenvalue weighted by Gasteiger charge is -2.07. The molecule has 0 saturated carbocycles. The van der Waals surface area contributed by atoms with Gasteiger partial charge in [0.15, 0.2) is 0 Å². The van der Waals surface area contributed by atoms with Crippen molar-refractivity contribution in [3.05, 3.63) is 77.3 Å². The fourth-order valence-corrected chi connectivity index (χ4v) is 1.54. The summed E-state index contributed by atoms with van der Waals surface area (Å²) in [6.45, 7) is 18.0. The number of hydrogen-bond donors (Lipinski definition) is 0. The van der Waals surface area contributed by atoms with Crippen LogP contribution in [0.2, 0.25) is 0 Å². The third-order valence-corrected chi connectivity index (χ3v) is 2.97. The summed E-state index contributed by atoms with van der Waals surface area (Å²) in [6, 6.07) is 7.73. The Morgan fingerprint density at radius 1 is 1.15 bits per heavy atom. The monoisotopic (exact) mass is 334 g/mol. The average molecular weight is 335 g/mol. The Labute approximate surface area is 131 Å². The van der Waals surface area contributed by atoms with Crippen LogP contribution in [0.4, 0.5) is 0 Å². The molecule has 0 radical (unpaired) electrons. The van der Waals surface area contributed by atoms with E-state index in [1.807, 2.05) is 57.2 Å². The summed E-state index contributed by atoms with van der Waals surface area (Å²) in [7, 11) is 0. The normalized spacial score (nSPS) is 9.60. The van der Waals surface area contributed by atoms with E-state index in [2.05, 4.69) is 35.7 Å². The van der Waals surface area contributed by atoms with Crippen molar-refractivity contribution in [3.63, 3.8) is 0 Å². The van der Waals surface area contributed by atoms with Crippen molar-refractivity contribution in [2.45, 2.75) is 20.8 Å². The summed E-state index contributed by atoms with van der Waals surface area (Å²) in [4.78, 5) is 0. The van der Waals surface area contributed by atoms with Crippen LogP contribution in [0.1, 0.15) is 20.8 Å². The van der Waals surface area contributed by atoms with Crippen molar-refractivity contribution < 1.29 is 4.74 Å². The van der Waals surface area contributed by atoms with Crippen molar-refractivity contribution >= 4 is 15.9 Å². The molecular weight excluding hydrogens is 312 g/mol. The van der Waals surface area contributed by atoms with Gasteiger partial charge in [0.25, 0.3) is 0 Å². The number of allylic oxidation sites excluding steroid dienone is 3. The van der Waals surface area contributed by atoms with Crippen LogP contribution in [-0.2, 0) is 0 Å². The molecule has 2 heteroatoms. The lowest BCUT2D eigenvalue weighted by molar-refractivity contribution is 0.354. The van der Waals surface area contributed by atoms with Crippen LogP contribution in [0.3, 0.4) is 0 Å². The lowest BCUT2D eigenvalue weighted by Crippen LogP contribution is -1.99. The topological polar surface area (TPSA) is 9.23 Å². The first-order valence-corrected chi connectivity index (χ1v) is 7.38. The maximum absolute atomic E-state index is 5.64. The predicted octanol–water partition coefficient (Wildman–Crippen LogP) is 6.10. The Kier molecular flexibility index (Phi) is 9.48. The van der Waals surface area contributed by atoms with Crippen LogP contribution in [0.15, 0.2) is 77.3 Å². The van der Waals surface area contributed by atoms with Crippen molar-refractivity contribution in [1.29, 1.82) is 0 Å². The third kappa shape index (κ3) is 7.15. The number of hydrogen-bond acceptors (Lipinski definition) is 1. The first-order chi connectivity index (χ1) is 9.50. The van der Waals surface area contributed by atoms with Crippen LogP contribution in [-0.4, -0.2) is 6.61 Å². The first kappa shape index (κ1) is 18.5. The molecule has 0 aromatic heterocycles. The minimum atomic E-state index is 0.447. The van der Waals surface area contributed by atoms with Gasteiger partial charge in [0, 0.05) is 0 Å². The zero-order valence-corrected chi connectivity index (χ0v) is 14.2. The second-order valence-electron chi connectivity index (χ2n) is 4.02. The van der Waals surface area contributed by atoms with Crippen molar-refractivity contribution in [2.24, 2.45) is 0 Å². The molecule has 0 saturated heterocycles. The van der Waals surface area contributed by atoms with Crippen LogP contribution >= 0.6 is 15.9 Å². The van der Waals surface area contributed by atoms with E-state index in [-0.39, 0.29) is 0 Å². The van der Waals surface area contributed by atoms with Gasteiger partial charge in [-0.3, -0.25) is 0 Å². The van der Waals surface area contributed by atoms with Crippen molar-refractivity contribution in [2.75, 3.05) is 6.61 Å². The standard InChI is InChI=1S/C16H17BrO.C2H6/c1-12(2)14(4)10-9-13(3)11-18-16-8-6-5-7-15(16)17;1-2/h5-10H,1,3-4,11H2,2H3;1-2H3/b10-9-;. The van der Waals surface area contributed by atoms with Crippen LogP contribution in [0.5, 0.6) is 5.75 Å². The van der Waals surface area contributed by atoms with E-state index in [0.29, 0.717) is 6.61 Å². The molecule has 0 amide bonds. The van der Waals surface area contributed by atoms with E-state index in [4.69, 9.17) is 4.74 Å². The molecule has 0 aliphatic heterocycles. The van der Waals surface area contributed by atoms with Crippen molar-refractivity contribution in [3.8, 4) is 5.75 Å². The highest BCUT2D eigenvalue weighted by molar-refractivity contribution is 9.10. The summed E-state index contributed by atoms with van der Waals surface area (Å²) in [5.74, 6) is 0.811. The molecule has 1 nitrogen and oxygen atoms in total. The molecule has 20 heavy (non-hydrogen) atoms. The van der Waals surface area contributed by atoms with Crippen molar-refractivity contribution in [1.82, 2.24) is 0 Å². The van der Waals surface area contributed by atoms with Gasteiger partial charge in [-0.25, -0.2) is 0 Å². The van der Waals surface area contributed by atoms with E-state index in [9.17, 15) is 0 Å². The number of ether oxygens (including phenoxy) is 1. The molecule has 0 N–H and O–H groups in total. The molecule has 0 spiro atoms. The zero-order chi connectivity index (χ0) is 15.5. The highest BCUT2D eigenvalue weighted by Crippen LogP contribution is 2.24. The van der Waals surface area contributed by atoms with E-state index < -0.39 is 0 Å². The second-order valence-corrected chi connectivity index (χ2v) is 4.87. The Hall–Kier alpha value is -1.54. The van der Waals surface area contributed by atoms with Gasteiger partial charge in [0.1, 0.15) is 12.4 Å². The molecular formula is C18H23BrO. The largest absolute Gasteiger partial charge is 0.488 e. The molecule has 1 aromatic rings. The van der Waals surface area contributed by atoms with Gasteiger partial charge in [0.05, 0.1) is 4.47 Å². The van der Waals surface area contributed by atoms with Gasteiger partial charge in [-0.1, -0.05) is 63.4 Å². The highest BCUT2D eigenvalue weighted by atomic mass is 79.9. The Bertz CT molecular complexity index is 498. The fraction of sp³-hybridized carbons (Fsp3) is 0.222. The molecule has 0 fully saturated rings. The first-order valence-electron chi connectivity index (χ1n) is 6.58. The highest BCUT2D eigenvalue weighted by Gasteiger charge is 1.99. The second kappa shape index (κ2) is 10.3. The lowest BCUT2D eigenvalue weighted by atomic mass is 10.1. The molecule has 0 aliphatic rings. The number of halogens is 1. The number of para-hydroxylation sites is 1. The molecule has 108 valence electrons. The Balaban J connectivity index is 0.00000172. The predicted molar refractivity (Wildman–Crippen MR) is 93.2 cm³/mol. The summed E-state index contributed by atoms with van der Waals surface area (Å²) in [5.41, 5.74) is 2.73. The molecule has 1 rings (SSSR count). The van der Waals surface area contributed by atoms with Gasteiger partial charge in [0.2, 0.25) is 0 Å². The van der Waals surface area contributed by atoms with Gasteiger partial charge in [-0.15, -0.1) is 0 Å². The quantitative estimate of drug-likeness (QED) is 0.571. The minimum Gasteiger partial charge on any atom is -0.488 e. The van der Waals surface area contributed by atoms with E-state index >= 15 is 0 Å². The van der Waals surface area contributed by atoms with E-state index in [1.54, 1.807) is 0 Å². The molecule has 0 bridgehead atoms. The summed E-state index contributed by atoms with van der Waals surface area (Å²) >= 11 is 3.43. The Morgan fingerprint density at radius 3 is 2.30 bits per heavy atom. The van der Waals surface area contributed by atoms with Crippen LogP contribution < -0.4 is 4.74 Å². The molecule has 0 atom stereocenters. The van der Waals surface area contributed by atoms with Crippen LogP contribution in [0.25, 0.3) is 0 Å². The summed E-state index contributed by atoms with van der Waals surface area (Å²) in [6.07, 6.45) is 3.79. The van der Waals surface area contributed by atoms with Crippen LogP contribution in [0, 0.1) is 0 Å². The average Bonchev–Trinajstić information content (AvgIpc) is 2.45. The zero-order valence-electron chi connectivity index (χ0n) is 12.6. The van der Waals surface area contributed by atoms with Gasteiger partial charge in [-0.2, -0.15) is 0 Å². The summed E-state index contributed by atoms with van der Waals surface area (Å²) in [5, 5.41) is 0. The van der Waals surface area contributed by atoms with Gasteiger partial charge < -0.3 is 4.74 Å². The number of rotatable bonds is 6. The fourth-order valence-electron chi connectivity index (χ4n) is 1.14. The minimum absolute atomic E-state index is 0.447. The Morgan fingerprint density at radius 2 is 1.75 bits per heavy atom. The molecule has 0 unspecified atom stereocenters. The smallest absolute Gasteiger partial charge is 0.133 e. The molecule has 0 heterocycles. The van der Waals surface area contributed by atoms with E-state index in [0.717, 1.165) is 26.9 Å². The van der Waals surface area contributed by atoms with Gasteiger partial charge >= 0.3 is 0 Å². The maximum atomic E-state index is 5.64. The molecule has 1 aromatic carbocycles. The van der Waals surface area contributed by atoms with E-state index in [1.165, 1.54) is 0 Å². The summed E-state index contributed by atoms with van der Waals surface area (Å²) < 4.78 is 6.58. The SMILES string of the molecule is C=C(/C=C\C(=C)C(=C)C)COc1ccccc1Br.CC.